The number of ether oxygens (including phenoxy) is 1. The number of nitrogens with one attached hydrogen (secondary N) is 1. The first-order valence-corrected chi connectivity index (χ1v) is 7.45. The van der Waals surface area contributed by atoms with Crippen LogP contribution in [0.3, 0.4) is 0 Å². The lowest BCUT2D eigenvalue weighted by Gasteiger charge is -2.15. The Kier molecular flexibility index (Phi) is 7.70. The smallest absolute Gasteiger partial charge is 0.416 e. The van der Waals surface area contributed by atoms with Gasteiger partial charge in [0, 0.05) is 12.6 Å². The third-order valence-electron chi connectivity index (χ3n) is 3.20. The summed E-state index contributed by atoms with van der Waals surface area (Å²) in [7, 11) is 0. The first kappa shape index (κ1) is 20.0. The van der Waals surface area contributed by atoms with Crippen molar-refractivity contribution in [2.75, 3.05) is 13.2 Å². The van der Waals surface area contributed by atoms with Crippen LogP contribution in [0.2, 0.25) is 0 Å². The Morgan fingerprint density at radius 3 is 2.62 bits per heavy atom. The standard InChI is InChI=1S/C16H20F3NO4/c1-11(20-7-8-24-15(23)6-5-14(21)22)9-12-3-2-4-13(10-12)16(17,18)19/h2-4,10-11,20H,5-9H2,1H3,(H,21,22). The predicted molar refractivity (Wildman–Crippen MR) is 80.4 cm³/mol. The largest absolute Gasteiger partial charge is 0.481 e. The Morgan fingerprint density at radius 2 is 2.00 bits per heavy atom. The van der Waals surface area contributed by atoms with E-state index in [1.165, 1.54) is 6.07 Å². The van der Waals surface area contributed by atoms with Crippen molar-refractivity contribution in [2.24, 2.45) is 0 Å². The van der Waals surface area contributed by atoms with Crippen molar-refractivity contribution in [3.63, 3.8) is 0 Å². The van der Waals surface area contributed by atoms with Gasteiger partial charge in [-0.05, 0) is 25.0 Å². The number of alkyl halides is 3. The van der Waals surface area contributed by atoms with Crippen LogP contribution in [0.15, 0.2) is 24.3 Å². The number of carbonyl (C=O) groups excluding carboxylic acids is 1. The van der Waals surface area contributed by atoms with E-state index in [4.69, 9.17) is 9.84 Å². The fraction of sp³-hybridized carbons (Fsp3) is 0.500. The number of benzene rings is 1. The zero-order chi connectivity index (χ0) is 18.2. The molecular formula is C16H20F3NO4. The molecule has 1 rings (SSSR count). The normalized spacial score (nSPS) is 12.7. The number of halogens is 3. The fourth-order valence-electron chi connectivity index (χ4n) is 2.05. The van der Waals surface area contributed by atoms with Gasteiger partial charge in [-0.25, -0.2) is 0 Å². The summed E-state index contributed by atoms with van der Waals surface area (Å²) in [6, 6.07) is 5.03. The molecule has 1 atom stereocenters. The van der Waals surface area contributed by atoms with E-state index in [-0.39, 0.29) is 25.5 Å². The van der Waals surface area contributed by atoms with Crippen LogP contribution in [0.5, 0.6) is 0 Å². The minimum absolute atomic E-state index is 0.0748. The summed E-state index contributed by atoms with van der Waals surface area (Å²) in [6.07, 6.45) is -4.43. The van der Waals surface area contributed by atoms with E-state index < -0.39 is 23.7 Å². The highest BCUT2D eigenvalue weighted by Crippen LogP contribution is 2.29. The van der Waals surface area contributed by atoms with Crippen LogP contribution in [0, 0.1) is 0 Å². The van der Waals surface area contributed by atoms with Gasteiger partial charge in [0.1, 0.15) is 6.61 Å². The first-order chi connectivity index (χ1) is 11.2. The highest BCUT2D eigenvalue weighted by atomic mass is 19.4. The zero-order valence-electron chi connectivity index (χ0n) is 13.2. The maximum atomic E-state index is 12.6. The van der Waals surface area contributed by atoms with Gasteiger partial charge >= 0.3 is 18.1 Å². The molecule has 0 aliphatic carbocycles. The van der Waals surface area contributed by atoms with Crippen LogP contribution >= 0.6 is 0 Å². The Labute approximate surface area is 137 Å². The molecule has 24 heavy (non-hydrogen) atoms. The molecule has 0 radical (unpaired) electrons. The number of hydrogen-bond donors (Lipinski definition) is 2. The van der Waals surface area contributed by atoms with E-state index in [2.05, 4.69) is 5.32 Å². The zero-order valence-corrected chi connectivity index (χ0v) is 13.2. The number of rotatable bonds is 9. The minimum Gasteiger partial charge on any atom is -0.481 e. The molecule has 0 heterocycles. The van der Waals surface area contributed by atoms with E-state index in [9.17, 15) is 22.8 Å². The molecule has 0 aliphatic heterocycles. The number of carboxylic acids is 1. The molecule has 0 amide bonds. The highest BCUT2D eigenvalue weighted by Gasteiger charge is 2.30. The van der Waals surface area contributed by atoms with Crippen LogP contribution in [-0.4, -0.2) is 36.2 Å². The lowest BCUT2D eigenvalue weighted by molar-refractivity contribution is -0.147. The summed E-state index contributed by atoms with van der Waals surface area (Å²) < 4.78 is 42.8. The van der Waals surface area contributed by atoms with Crippen LogP contribution in [0.4, 0.5) is 13.2 Å². The molecule has 0 fully saturated rings. The average Bonchev–Trinajstić information content (AvgIpc) is 2.49. The summed E-state index contributed by atoms with van der Waals surface area (Å²) >= 11 is 0. The van der Waals surface area contributed by atoms with Crippen molar-refractivity contribution in [1.29, 1.82) is 0 Å². The van der Waals surface area contributed by atoms with Gasteiger partial charge < -0.3 is 15.2 Å². The molecule has 0 aliphatic rings. The van der Waals surface area contributed by atoms with E-state index in [1.807, 2.05) is 6.92 Å². The van der Waals surface area contributed by atoms with Gasteiger partial charge in [0.25, 0.3) is 0 Å². The molecule has 1 aromatic rings. The lowest BCUT2D eigenvalue weighted by Crippen LogP contribution is -2.31. The van der Waals surface area contributed by atoms with Gasteiger partial charge in [-0.3, -0.25) is 9.59 Å². The van der Waals surface area contributed by atoms with Gasteiger partial charge in [0.15, 0.2) is 0 Å². The highest BCUT2D eigenvalue weighted by molar-refractivity contribution is 5.76. The van der Waals surface area contributed by atoms with E-state index >= 15 is 0 Å². The number of aliphatic carboxylic acids is 1. The van der Waals surface area contributed by atoms with Gasteiger partial charge in [-0.2, -0.15) is 13.2 Å². The lowest BCUT2D eigenvalue weighted by atomic mass is 10.0. The minimum atomic E-state index is -4.36. The second kappa shape index (κ2) is 9.27. The Balaban J connectivity index is 2.31. The van der Waals surface area contributed by atoms with Crippen molar-refractivity contribution in [3.8, 4) is 0 Å². The molecule has 134 valence electrons. The summed E-state index contributed by atoms with van der Waals surface area (Å²) in [6.45, 7) is 2.22. The van der Waals surface area contributed by atoms with Crippen LogP contribution in [0.25, 0.3) is 0 Å². The average molecular weight is 347 g/mol. The molecule has 0 spiro atoms. The van der Waals surface area contributed by atoms with Crippen LogP contribution in [-0.2, 0) is 26.9 Å². The second-order valence-electron chi connectivity index (χ2n) is 5.37. The van der Waals surface area contributed by atoms with Crippen LogP contribution < -0.4 is 5.32 Å². The monoisotopic (exact) mass is 347 g/mol. The molecule has 5 nitrogen and oxygen atoms in total. The third kappa shape index (κ3) is 7.96. The van der Waals surface area contributed by atoms with Crippen molar-refractivity contribution in [3.05, 3.63) is 35.4 Å². The van der Waals surface area contributed by atoms with E-state index in [1.54, 1.807) is 6.07 Å². The summed E-state index contributed by atoms with van der Waals surface area (Å²) in [5, 5.41) is 11.5. The number of carbonyl (C=O) groups is 2. The Hall–Kier alpha value is -2.09. The van der Waals surface area contributed by atoms with Crippen molar-refractivity contribution >= 4 is 11.9 Å². The van der Waals surface area contributed by atoms with Crippen LogP contribution in [0.1, 0.15) is 30.9 Å². The third-order valence-corrected chi connectivity index (χ3v) is 3.20. The maximum Gasteiger partial charge on any atom is 0.416 e. The fourth-order valence-corrected chi connectivity index (χ4v) is 2.05. The Bertz CT molecular complexity index is 560. The summed E-state index contributed by atoms with van der Waals surface area (Å²) in [5.74, 6) is -1.66. The second-order valence-corrected chi connectivity index (χ2v) is 5.37. The number of hydrogen-bond acceptors (Lipinski definition) is 4. The quantitative estimate of drug-likeness (QED) is 0.531. The van der Waals surface area contributed by atoms with Gasteiger partial charge in [0.2, 0.25) is 0 Å². The topological polar surface area (TPSA) is 75.6 Å². The Morgan fingerprint density at radius 1 is 1.29 bits per heavy atom. The molecule has 1 unspecified atom stereocenters. The number of esters is 1. The molecule has 2 N–H and O–H groups in total. The van der Waals surface area contributed by atoms with Gasteiger partial charge in [-0.15, -0.1) is 0 Å². The number of carboxylic acid groups (broad SMARTS) is 1. The maximum absolute atomic E-state index is 12.6. The van der Waals surface area contributed by atoms with Crippen molar-refractivity contribution in [2.45, 2.75) is 38.4 Å². The molecule has 0 aromatic heterocycles. The summed E-state index contributed by atoms with van der Waals surface area (Å²) in [4.78, 5) is 21.5. The molecule has 0 saturated carbocycles. The molecule has 8 heteroatoms. The van der Waals surface area contributed by atoms with Gasteiger partial charge in [-0.1, -0.05) is 18.2 Å². The van der Waals surface area contributed by atoms with Gasteiger partial charge in [0.05, 0.1) is 18.4 Å². The van der Waals surface area contributed by atoms with Crippen molar-refractivity contribution in [1.82, 2.24) is 5.32 Å². The van der Waals surface area contributed by atoms with E-state index in [0.717, 1.165) is 12.1 Å². The van der Waals surface area contributed by atoms with E-state index in [0.29, 0.717) is 18.5 Å². The molecular weight excluding hydrogens is 327 g/mol. The van der Waals surface area contributed by atoms with Crippen molar-refractivity contribution < 1.29 is 32.6 Å². The molecule has 0 saturated heterocycles. The molecule has 1 aromatic carbocycles. The summed E-state index contributed by atoms with van der Waals surface area (Å²) in [5.41, 5.74) is -0.122. The predicted octanol–water partition coefficient (Wildman–Crippen LogP) is 2.63. The SMILES string of the molecule is CC(Cc1cccc(C(F)(F)F)c1)NCCOC(=O)CCC(=O)O. The molecule has 0 bridgehead atoms. The first-order valence-electron chi connectivity index (χ1n) is 7.45.